The molecule has 0 radical (unpaired) electrons. The van der Waals surface area contributed by atoms with Gasteiger partial charge in [-0.05, 0) is 31.9 Å². The van der Waals surface area contributed by atoms with Gasteiger partial charge in [0.25, 0.3) is 5.91 Å². The van der Waals surface area contributed by atoms with Crippen LogP contribution >= 0.6 is 0 Å². The molecule has 5 nitrogen and oxygen atoms in total. The van der Waals surface area contributed by atoms with Crippen LogP contribution in [0.1, 0.15) is 40.3 Å². The van der Waals surface area contributed by atoms with Crippen LogP contribution in [-0.4, -0.2) is 54.4 Å². The molecule has 1 amide bonds. The van der Waals surface area contributed by atoms with Gasteiger partial charge in [-0.2, -0.15) is 5.10 Å². The van der Waals surface area contributed by atoms with E-state index in [1.54, 1.807) is 5.01 Å². The van der Waals surface area contributed by atoms with Crippen molar-refractivity contribution >= 4 is 11.6 Å². The second-order valence-corrected chi connectivity index (χ2v) is 8.12. The summed E-state index contributed by atoms with van der Waals surface area (Å²) in [6.45, 7) is 9.64. The van der Waals surface area contributed by atoms with E-state index in [4.69, 9.17) is 9.84 Å². The molecule has 0 bridgehead atoms. The smallest absolute Gasteiger partial charge is 0.257 e. The van der Waals surface area contributed by atoms with Gasteiger partial charge in [0, 0.05) is 25.1 Å². The van der Waals surface area contributed by atoms with Crippen molar-refractivity contribution < 1.29 is 9.53 Å². The molecule has 1 saturated heterocycles. The fraction of sp³-hybridized carbons (Fsp3) is 0.417. The fourth-order valence-electron chi connectivity index (χ4n) is 4.11. The van der Waals surface area contributed by atoms with Gasteiger partial charge in [-0.15, -0.1) is 0 Å². The van der Waals surface area contributed by atoms with Gasteiger partial charge in [-0.1, -0.05) is 53.6 Å². The number of carbonyl (C=O) groups excluding carboxylic acids is 1. The van der Waals surface area contributed by atoms with Crippen molar-refractivity contribution in [1.29, 1.82) is 0 Å². The Morgan fingerprint density at radius 3 is 2.41 bits per heavy atom. The van der Waals surface area contributed by atoms with E-state index in [-0.39, 0.29) is 11.9 Å². The molecule has 1 atom stereocenters. The van der Waals surface area contributed by atoms with Gasteiger partial charge in [-0.25, -0.2) is 5.01 Å². The molecule has 29 heavy (non-hydrogen) atoms. The van der Waals surface area contributed by atoms with Crippen molar-refractivity contribution in [3.05, 3.63) is 70.3 Å². The average Bonchev–Trinajstić information content (AvgIpc) is 3.14. The van der Waals surface area contributed by atoms with Crippen molar-refractivity contribution in [2.75, 3.05) is 32.8 Å². The minimum Gasteiger partial charge on any atom is -0.379 e. The summed E-state index contributed by atoms with van der Waals surface area (Å²) >= 11 is 0. The standard InChI is InChI=1S/C24H29N3O2/c1-17-4-7-20(8-5-17)23-15-22(21-9-6-18(2)14-19(21)3)25-27(23)24(28)16-26-10-12-29-13-11-26/h4-9,14,23H,10-13,15-16H2,1-3H3/t23-/m1/s1. The first-order chi connectivity index (χ1) is 14.0. The van der Waals surface area contributed by atoms with Crippen LogP contribution in [0.2, 0.25) is 0 Å². The Hall–Kier alpha value is -2.50. The lowest BCUT2D eigenvalue weighted by Crippen LogP contribution is -2.43. The lowest BCUT2D eigenvalue weighted by molar-refractivity contribution is -0.135. The average molecular weight is 392 g/mol. The van der Waals surface area contributed by atoms with Gasteiger partial charge < -0.3 is 4.74 Å². The second kappa shape index (κ2) is 8.47. The highest BCUT2D eigenvalue weighted by atomic mass is 16.5. The first-order valence-electron chi connectivity index (χ1n) is 10.3. The third kappa shape index (κ3) is 4.41. The number of nitrogens with zero attached hydrogens (tertiary/aromatic N) is 3. The van der Waals surface area contributed by atoms with E-state index >= 15 is 0 Å². The Morgan fingerprint density at radius 1 is 1.03 bits per heavy atom. The van der Waals surface area contributed by atoms with Crippen LogP contribution in [0.15, 0.2) is 47.6 Å². The van der Waals surface area contributed by atoms with Gasteiger partial charge in [-0.3, -0.25) is 9.69 Å². The molecule has 1 fully saturated rings. The summed E-state index contributed by atoms with van der Waals surface area (Å²) in [6.07, 6.45) is 0.738. The highest BCUT2D eigenvalue weighted by molar-refractivity contribution is 6.04. The van der Waals surface area contributed by atoms with E-state index in [0.717, 1.165) is 36.3 Å². The van der Waals surface area contributed by atoms with Crippen LogP contribution in [-0.2, 0) is 9.53 Å². The van der Waals surface area contributed by atoms with Crippen LogP contribution < -0.4 is 0 Å². The number of hydrazone groups is 1. The van der Waals surface area contributed by atoms with Crippen LogP contribution in [0, 0.1) is 20.8 Å². The summed E-state index contributed by atoms with van der Waals surface area (Å²) in [5.74, 6) is 0.0530. The van der Waals surface area contributed by atoms with Crippen molar-refractivity contribution in [2.24, 2.45) is 5.10 Å². The van der Waals surface area contributed by atoms with E-state index in [2.05, 4.69) is 68.1 Å². The van der Waals surface area contributed by atoms with Crippen LogP contribution in [0.4, 0.5) is 0 Å². The Balaban J connectivity index is 1.63. The quantitative estimate of drug-likeness (QED) is 0.800. The lowest BCUT2D eigenvalue weighted by Gasteiger charge is -2.29. The predicted molar refractivity (Wildman–Crippen MR) is 115 cm³/mol. The minimum atomic E-state index is -0.0557. The van der Waals surface area contributed by atoms with Crippen LogP contribution in [0.3, 0.4) is 0 Å². The van der Waals surface area contributed by atoms with E-state index < -0.39 is 0 Å². The minimum absolute atomic E-state index is 0.0530. The molecule has 2 aromatic rings. The molecule has 2 aromatic carbocycles. The molecule has 0 aliphatic carbocycles. The van der Waals surface area contributed by atoms with Gasteiger partial charge in [0.1, 0.15) is 0 Å². The highest BCUT2D eigenvalue weighted by Crippen LogP contribution is 2.34. The third-order valence-electron chi connectivity index (χ3n) is 5.78. The van der Waals surface area contributed by atoms with E-state index in [0.29, 0.717) is 19.8 Å². The summed E-state index contributed by atoms with van der Waals surface area (Å²) in [4.78, 5) is 15.4. The first-order valence-corrected chi connectivity index (χ1v) is 10.3. The monoisotopic (exact) mass is 391 g/mol. The number of hydrogen-bond donors (Lipinski definition) is 0. The molecular weight excluding hydrogens is 362 g/mol. The molecule has 0 spiro atoms. The predicted octanol–water partition coefficient (Wildman–Crippen LogP) is 3.62. The Kier molecular flexibility index (Phi) is 5.79. The van der Waals surface area contributed by atoms with E-state index in [1.807, 2.05) is 0 Å². The van der Waals surface area contributed by atoms with Gasteiger partial charge in [0.05, 0.1) is 31.5 Å². The summed E-state index contributed by atoms with van der Waals surface area (Å²) in [5.41, 5.74) is 6.91. The molecule has 0 aromatic heterocycles. The highest BCUT2D eigenvalue weighted by Gasteiger charge is 2.34. The number of amides is 1. The topological polar surface area (TPSA) is 45.1 Å². The number of aryl methyl sites for hydroxylation is 3. The number of rotatable bonds is 4. The number of benzene rings is 2. The Morgan fingerprint density at radius 2 is 1.72 bits per heavy atom. The molecule has 2 aliphatic rings. The molecular formula is C24H29N3O2. The Labute approximate surface area is 173 Å². The van der Waals surface area contributed by atoms with Crippen molar-refractivity contribution in [3.8, 4) is 0 Å². The zero-order valence-electron chi connectivity index (χ0n) is 17.5. The van der Waals surface area contributed by atoms with E-state index in [9.17, 15) is 4.79 Å². The first kappa shape index (κ1) is 19.8. The molecule has 152 valence electrons. The summed E-state index contributed by atoms with van der Waals surface area (Å²) in [5, 5.41) is 6.55. The van der Waals surface area contributed by atoms with Crippen LogP contribution in [0.25, 0.3) is 0 Å². The maximum Gasteiger partial charge on any atom is 0.257 e. The maximum absolute atomic E-state index is 13.2. The number of ether oxygens (including phenoxy) is 1. The summed E-state index contributed by atoms with van der Waals surface area (Å²) in [7, 11) is 0. The van der Waals surface area contributed by atoms with Gasteiger partial charge in [0.2, 0.25) is 0 Å². The molecule has 0 saturated carbocycles. The SMILES string of the molecule is Cc1ccc([C@H]2CC(c3ccc(C)cc3C)=NN2C(=O)CN2CCOCC2)cc1. The second-order valence-electron chi connectivity index (χ2n) is 8.12. The lowest BCUT2D eigenvalue weighted by atomic mass is 9.95. The van der Waals surface area contributed by atoms with Crippen molar-refractivity contribution in [3.63, 3.8) is 0 Å². The van der Waals surface area contributed by atoms with Gasteiger partial charge in [0.15, 0.2) is 0 Å². The zero-order chi connectivity index (χ0) is 20.4. The fourth-order valence-corrected chi connectivity index (χ4v) is 4.11. The van der Waals surface area contributed by atoms with Crippen molar-refractivity contribution in [1.82, 2.24) is 9.91 Å². The zero-order valence-corrected chi connectivity index (χ0v) is 17.5. The van der Waals surface area contributed by atoms with Crippen molar-refractivity contribution in [2.45, 2.75) is 33.2 Å². The molecule has 0 unspecified atom stereocenters. The van der Waals surface area contributed by atoms with Crippen LogP contribution in [0.5, 0.6) is 0 Å². The van der Waals surface area contributed by atoms with Gasteiger partial charge >= 0.3 is 0 Å². The molecule has 2 aliphatic heterocycles. The molecule has 0 N–H and O–H groups in total. The maximum atomic E-state index is 13.2. The molecule has 2 heterocycles. The Bertz CT molecular complexity index is 914. The van der Waals surface area contributed by atoms with E-state index in [1.165, 1.54) is 16.7 Å². The normalized spacial score (nSPS) is 20.0. The largest absolute Gasteiger partial charge is 0.379 e. The number of morpholine rings is 1. The summed E-state index contributed by atoms with van der Waals surface area (Å²) in [6, 6.07) is 14.8. The number of carbonyl (C=O) groups is 1. The molecule has 4 rings (SSSR count). The summed E-state index contributed by atoms with van der Waals surface area (Å²) < 4.78 is 5.41. The molecule has 5 heteroatoms. The third-order valence-corrected chi connectivity index (χ3v) is 5.78. The number of hydrogen-bond acceptors (Lipinski definition) is 4.